The van der Waals surface area contributed by atoms with Crippen LogP contribution in [0.2, 0.25) is 5.02 Å². The van der Waals surface area contributed by atoms with Gasteiger partial charge in [-0.25, -0.2) is 4.68 Å². The Hall–Kier alpha value is -1.56. The van der Waals surface area contributed by atoms with Crippen LogP contribution in [-0.2, 0) is 0 Å². The highest BCUT2D eigenvalue weighted by atomic mass is 35.5. The second kappa shape index (κ2) is 9.22. The number of hydrogen-bond donors (Lipinski definition) is 2. The van der Waals surface area contributed by atoms with Crippen molar-refractivity contribution >= 4 is 29.9 Å². The van der Waals surface area contributed by atoms with E-state index in [0.29, 0.717) is 23.0 Å². The number of aromatic nitrogens is 2. The van der Waals surface area contributed by atoms with E-state index in [1.807, 2.05) is 31.2 Å². The maximum absolute atomic E-state index is 12.4. The van der Waals surface area contributed by atoms with Gasteiger partial charge in [-0.1, -0.05) is 23.7 Å². The molecule has 136 valence electrons. The molecule has 1 unspecified atom stereocenters. The van der Waals surface area contributed by atoms with Gasteiger partial charge in [-0.2, -0.15) is 5.10 Å². The van der Waals surface area contributed by atoms with Gasteiger partial charge in [0.1, 0.15) is 0 Å². The molecule has 1 aliphatic heterocycles. The lowest BCUT2D eigenvalue weighted by molar-refractivity contribution is 0.0950. The maximum atomic E-state index is 12.4. The van der Waals surface area contributed by atoms with Crippen molar-refractivity contribution in [3.05, 3.63) is 46.7 Å². The molecular formula is C18H24Cl2N4O. The van der Waals surface area contributed by atoms with E-state index in [2.05, 4.69) is 15.7 Å². The van der Waals surface area contributed by atoms with Crippen molar-refractivity contribution in [2.75, 3.05) is 19.6 Å². The van der Waals surface area contributed by atoms with Crippen molar-refractivity contribution in [3.63, 3.8) is 0 Å². The third-order valence-electron chi connectivity index (χ3n) is 4.57. The lowest BCUT2D eigenvalue weighted by Gasteiger charge is -2.22. The van der Waals surface area contributed by atoms with Gasteiger partial charge in [-0.3, -0.25) is 4.79 Å². The lowest BCUT2D eigenvalue weighted by Crippen LogP contribution is -2.33. The molecule has 2 aromatic rings. The molecule has 1 atom stereocenters. The van der Waals surface area contributed by atoms with E-state index in [4.69, 9.17) is 11.6 Å². The topological polar surface area (TPSA) is 59.0 Å². The van der Waals surface area contributed by atoms with Crippen molar-refractivity contribution in [1.82, 2.24) is 20.4 Å². The van der Waals surface area contributed by atoms with Crippen LogP contribution in [0.3, 0.4) is 0 Å². The standard InChI is InChI=1S/C18H23ClN4O.ClH/c1-13-15(12-22-23(13)17-7-3-2-6-16(17)19)18(24)21-10-8-14-5-4-9-20-11-14;/h2-3,6-7,12,14,20H,4-5,8-11H2,1H3,(H,21,24);1H. The zero-order chi connectivity index (χ0) is 16.9. The Labute approximate surface area is 159 Å². The van der Waals surface area contributed by atoms with E-state index < -0.39 is 0 Å². The minimum atomic E-state index is -0.0745. The van der Waals surface area contributed by atoms with Gasteiger partial charge < -0.3 is 10.6 Å². The first-order chi connectivity index (χ1) is 11.7. The molecule has 1 fully saturated rings. The number of carbonyl (C=O) groups is 1. The molecule has 0 radical (unpaired) electrons. The summed E-state index contributed by atoms with van der Waals surface area (Å²) in [5, 5.41) is 11.4. The summed E-state index contributed by atoms with van der Waals surface area (Å²) in [5.74, 6) is 0.584. The largest absolute Gasteiger partial charge is 0.352 e. The zero-order valence-corrected chi connectivity index (χ0v) is 15.9. The summed E-state index contributed by atoms with van der Waals surface area (Å²) < 4.78 is 1.71. The van der Waals surface area contributed by atoms with Gasteiger partial charge in [0.15, 0.2) is 0 Å². The Kier molecular flexibility index (Phi) is 7.29. The molecule has 5 nitrogen and oxygen atoms in total. The molecule has 7 heteroatoms. The molecule has 1 saturated heterocycles. The van der Waals surface area contributed by atoms with Gasteiger partial charge in [-0.15, -0.1) is 12.4 Å². The fourth-order valence-electron chi connectivity index (χ4n) is 3.15. The van der Waals surface area contributed by atoms with Crippen LogP contribution in [0, 0.1) is 12.8 Å². The highest BCUT2D eigenvalue weighted by molar-refractivity contribution is 6.32. The van der Waals surface area contributed by atoms with Crippen LogP contribution >= 0.6 is 24.0 Å². The lowest BCUT2D eigenvalue weighted by atomic mass is 9.96. The first kappa shape index (κ1) is 19.8. The number of nitrogens with one attached hydrogen (secondary N) is 2. The van der Waals surface area contributed by atoms with Crippen LogP contribution < -0.4 is 10.6 Å². The van der Waals surface area contributed by atoms with Gasteiger partial charge in [0, 0.05) is 6.54 Å². The van der Waals surface area contributed by atoms with E-state index in [1.54, 1.807) is 10.9 Å². The first-order valence-electron chi connectivity index (χ1n) is 8.45. The second-order valence-corrected chi connectivity index (χ2v) is 6.67. The van der Waals surface area contributed by atoms with Gasteiger partial charge in [-0.05, 0) is 57.3 Å². The number of halogens is 2. The van der Waals surface area contributed by atoms with Crippen molar-refractivity contribution in [2.24, 2.45) is 5.92 Å². The monoisotopic (exact) mass is 382 g/mol. The van der Waals surface area contributed by atoms with E-state index in [1.165, 1.54) is 12.8 Å². The molecule has 0 saturated carbocycles. The van der Waals surface area contributed by atoms with Crippen molar-refractivity contribution < 1.29 is 4.79 Å². The smallest absolute Gasteiger partial charge is 0.254 e. The Bertz CT molecular complexity index is 711. The van der Waals surface area contributed by atoms with E-state index in [-0.39, 0.29) is 18.3 Å². The Morgan fingerprint density at radius 3 is 2.96 bits per heavy atom. The van der Waals surface area contributed by atoms with Crippen LogP contribution in [0.4, 0.5) is 0 Å². The number of rotatable bonds is 5. The number of nitrogens with zero attached hydrogens (tertiary/aromatic N) is 2. The average molecular weight is 383 g/mol. The molecule has 25 heavy (non-hydrogen) atoms. The minimum Gasteiger partial charge on any atom is -0.352 e. The predicted molar refractivity (Wildman–Crippen MR) is 103 cm³/mol. The normalized spacial score (nSPS) is 17.0. The summed E-state index contributed by atoms with van der Waals surface area (Å²) in [7, 11) is 0. The molecule has 0 bridgehead atoms. The van der Waals surface area contributed by atoms with Crippen molar-refractivity contribution in [1.29, 1.82) is 0 Å². The van der Waals surface area contributed by atoms with Gasteiger partial charge >= 0.3 is 0 Å². The first-order valence-corrected chi connectivity index (χ1v) is 8.83. The summed E-state index contributed by atoms with van der Waals surface area (Å²) >= 11 is 6.22. The third kappa shape index (κ3) is 4.75. The molecule has 0 spiro atoms. The minimum absolute atomic E-state index is 0. The van der Waals surface area contributed by atoms with E-state index in [9.17, 15) is 4.79 Å². The second-order valence-electron chi connectivity index (χ2n) is 6.26. The Balaban J connectivity index is 0.00000225. The number of piperidine rings is 1. The number of amides is 1. The van der Waals surface area contributed by atoms with Crippen LogP contribution in [0.1, 0.15) is 35.3 Å². The number of carbonyl (C=O) groups excluding carboxylic acids is 1. The zero-order valence-electron chi connectivity index (χ0n) is 14.3. The highest BCUT2D eigenvalue weighted by Gasteiger charge is 2.17. The molecule has 1 amide bonds. The number of hydrogen-bond acceptors (Lipinski definition) is 3. The molecule has 2 N–H and O–H groups in total. The van der Waals surface area contributed by atoms with Crippen LogP contribution in [0.25, 0.3) is 5.69 Å². The van der Waals surface area contributed by atoms with Crippen molar-refractivity contribution in [3.8, 4) is 5.69 Å². The third-order valence-corrected chi connectivity index (χ3v) is 4.89. The molecule has 1 aliphatic rings. The maximum Gasteiger partial charge on any atom is 0.254 e. The average Bonchev–Trinajstić information content (AvgIpc) is 2.98. The summed E-state index contributed by atoms with van der Waals surface area (Å²) in [6.07, 6.45) is 5.08. The summed E-state index contributed by atoms with van der Waals surface area (Å²) in [4.78, 5) is 12.4. The van der Waals surface area contributed by atoms with E-state index >= 15 is 0 Å². The Morgan fingerprint density at radius 1 is 1.44 bits per heavy atom. The van der Waals surface area contributed by atoms with Gasteiger partial charge in [0.2, 0.25) is 0 Å². The molecule has 0 aliphatic carbocycles. The number of para-hydroxylation sites is 1. The van der Waals surface area contributed by atoms with E-state index in [0.717, 1.165) is 30.9 Å². The van der Waals surface area contributed by atoms with Crippen LogP contribution in [0.5, 0.6) is 0 Å². The molecular weight excluding hydrogens is 359 g/mol. The molecule has 1 aromatic carbocycles. The van der Waals surface area contributed by atoms with Gasteiger partial charge in [0.25, 0.3) is 5.91 Å². The van der Waals surface area contributed by atoms with Crippen molar-refractivity contribution in [2.45, 2.75) is 26.2 Å². The highest BCUT2D eigenvalue weighted by Crippen LogP contribution is 2.22. The van der Waals surface area contributed by atoms with Gasteiger partial charge in [0.05, 0.1) is 28.2 Å². The predicted octanol–water partition coefficient (Wildman–Crippen LogP) is 3.38. The Morgan fingerprint density at radius 2 is 2.24 bits per heavy atom. The quantitative estimate of drug-likeness (QED) is 0.832. The summed E-state index contributed by atoms with van der Waals surface area (Å²) in [6.45, 7) is 4.75. The SMILES string of the molecule is Cc1c(C(=O)NCCC2CCCNC2)cnn1-c1ccccc1Cl.Cl. The summed E-state index contributed by atoms with van der Waals surface area (Å²) in [5.41, 5.74) is 2.17. The summed E-state index contributed by atoms with van der Waals surface area (Å²) in [6, 6.07) is 7.48. The molecule has 1 aromatic heterocycles. The van der Waals surface area contributed by atoms with Crippen LogP contribution in [0.15, 0.2) is 30.5 Å². The van der Waals surface area contributed by atoms with Crippen LogP contribution in [-0.4, -0.2) is 35.3 Å². The fraction of sp³-hybridized carbons (Fsp3) is 0.444. The molecule has 2 heterocycles. The fourth-order valence-corrected chi connectivity index (χ4v) is 3.37. The number of benzene rings is 1. The molecule has 3 rings (SSSR count).